The van der Waals surface area contributed by atoms with E-state index in [0.29, 0.717) is 13.0 Å². The number of carbonyl (C=O) groups is 1. The molecular formula is C23H28N2O3S. The van der Waals surface area contributed by atoms with Gasteiger partial charge in [-0.1, -0.05) is 12.1 Å². The largest absolute Gasteiger partial charge is 0.312 e. The summed E-state index contributed by atoms with van der Waals surface area (Å²) in [6.45, 7) is 8.61. The second-order valence-electron chi connectivity index (χ2n) is 8.44. The highest BCUT2D eigenvalue weighted by atomic mass is 32.2. The van der Waals surface area contributed by atoms with Crippen molar-refractivity contribution >= 4 is 21.6 Å². The lowest BCUT2D eigenvalue weighted by Gasteiger charge is -2.19. The van der Waals surface area contributed by atoms with Crippen LogP contribution >= 0.6 is 0 Å². The average Bonchev–Trinajstić information content (AvgIpc) is 3.42. The molecule has 1 amide bonds. The molecule has 29 heavy (non-hydrogen) atoms. The third-order valence-electron chi connectivity index (χ3n) is 6.13. The first kappa shape index (κ1) is 20.1. The van der Waals surface area contributed by atoms with E-state index in [4.69, 9.17) is 0 Å². The quantitative estimate of drug-likeness (QED) is 0.809. The number of nitrogens with zero attached hydrogens (tertiary/aromatic N) is 1. The van der Waals surface area contributed by atoms with Crippen molar-refractivity contribution in [3.05, 3.63) is 58.1 Å². The zero-order valence-corrected chi connectivity index (χ0v) is 18.3. The lowest BCUT2D eigenvalue weighted by atomic mass is 9.97. The van der Waals surface area contributed by atoms with Gasteiger partial charge in [0.2, 0.25) is 15.9 Å². The van der Waals surface area contributed by atoms with Crippen LogP contribution in [0.25, 0.3) is 0 Å². The first-order chi connectivity index (χ1) is 13.7. The van der Waals surface area contributed by atoms with Crippen LogP contribution in [-0.4, -0.2) is 20.9 Å². The molecule has 0 saturated heterocycles. The van der Waals surface area contributed by atoms with Crippen molar-refractivity contribution in [3.8, 4) is 0 Å². The van der Waals surface area contributed by atoms with E-state index in [-0.39, 0.29) is 22.8 Å². The van der Waals surface area contributed by atoms with E-state index in [9.17, 15) is 13.2 Å². The normalized spacial score (nSPS) is 17.3. The highest BCUT2D eigenvalue weighted by Crippen LogP contribution is 2.37. The Morgan fingerprint density at radius 3 is 2.45 bits per heavy atom. The van der Waals surface area contributed by atoms with Crippen molar-refractivity contribution in [2.45, 2.75) is 57.9 Å². The first-order valence-electron chi connectivity index (χ1n) is 10.2. The molecule has 0 spiro atoms. The van der Waals surface area contributed by atoms with Crippen molar-refractivity contribution in [2.24, 2.45) is 5.92 Å². The molecule has 1 aliphatic carbocycles. The Morgan fingerprint density at radius 2 is 1.76 bits per heavy atom. The number of benzene rings is 2. The third kappa shape index (κ3) is 3.83. The molecule has 1 N–H and O–H groups in total. The molecule has 6 heteroatoms. The maximum Gasteiger partial charge on any atom is 0.241 e. The van der Waals surface area contributed by atoms with Crippen molar-refractivity contribution in [3.63, 3.8) is 0 Å². The number of anilines is 1. The summed E-state index contributed by atoms with van der Waals surface area (Å²) >= 11 is 0. The van der Waals surface area contributed by atoms with Gasteiger partial charge >= 0.3 is 0 Å². The monoisotopic (exact) mass is 412 g/mol. The van der Waals surface area contributed by atoms with E-state index >= 15 is 0 Å². The molecule has 2 aromatic carbocycles. The van der Waals surface area contributed by atoms with Gasteiger partial charge in [0.15, 0.2) is 0 Å². The minimum Gasteiger partial charge on any atom is -0.312 e. The maximum atomic E-state index is 13.0. The molecule has 0 bridgehead atoms. The Hall–Kier alpha value is -2.18. The number of aryl methyl sites for hydroxylation is 3. The Kier molecular flexibility index (Phi) is 5.03. The summed E-state index contributed by atoms with van der Waals surface area (Å²) in [6, 6.07) is 8.93. The molecule has 1 atom stereocenters. The van der Waals surface area contributed by atoms with Gasteiger partial charge in [-0.2, -0.15) is 0 Å². The van der Waals surface area contributed by atoms with Crippen LogP contribution < -0.4 is 9.62 Å². The molecule has 154 valence electrons. The highest BCUT2D eigenvalue weighted by molar-refractivity contribution is 7.89. The van der Waals surface area contributed by atoms with E-state index in [1.165, 1.54) is 5.56 Å². The summed E-state index contributed by atoms with van der Waals surface area (Å²) in [5, 5.41) is 0. The number of carbonyl (C=O) groups excluding carboxylic acids is 1. The van der Waals surface area contributed by atoms with Gasteiger partial charge in [-0.15, -0.1) is 0 Å². The fourth-order valence-corrected chi connectivity index (χ4v) is 5.41. The van der Waals surface area contributed by atoms with Crippen LogP contribution in [0.2, 0.25) is 0 Å². The SMILES string of the molecule is Cc1cc(C)c(C(C)NS(=O)(=O)c2ccc3c(c2)CCN3C(=O)C2CC2)cc1C. The summed E-state index contributed by atoms with van der Waals surface area (Å²) in [7, 11) is -3.66. The Balaban J connectivity index is 1.57. The molecule has 4 rings (SSSR count). The zero-order chi connectivity index (χ0) is 20.9. The predicted molar refractivity (Wildman–Crippen MR) is 115 cm³/mol. The fourth-order valence-electron chi connectivity index (χ4n) is 4.14. The number of nitrogens with one attached hydrogen (secondary N) is 1. The number of hydrogen-bond donors (Lipinski definition) is 1. The molecule has 1 saturated carbocycles. The van der Waals surface area contributed by atoms with Crippen LogP contribution in [0.15, 0.2) is 35.2 Å². The van der Waals surface area contributed by atoms with E-state index in [0.717, 1.165) is 40.8 Å². The van der Waals surface area contributed by atoms with Gasteiger partial charge in [-0.25, -0.2) is 13.1 Å². The standard InChI is InChI=1S/C23H28N2O3S/c1-14-11-16(3)21(12-15(14)2)17(4)24-29(27,28)20-7-8-22-19(13-20)9-10-25(22)23(26)18-5-6-18/h7-8,11-13,17-18,24H,5-6,9-10H2,1-4H3. The molecule has 0 radical (unpaired) electrons. The predicted octanol–water partition coefficient (Wildman–Crippen LogP) is 3.95. The lowest BCUT2D eigenvalue weighted by molar-refractivity contribution is -0.119. The van der Waals surface area contributed by atoms with Crippen LogP contribution in [0, 0.1) is 26.7 Å². The highest BCUT2D eigenvalue weighted by Gasteiger charge is 2.36. The molecule has 1 heterocycles. The number of fused-ring (bicyclic) bond motifs is 1. The number of amides is 1. The van der Waals surface area contributed by atoms with Gasteiger partial charge in [-0.05, 0) is 93.0 Å². The Morgan fingerprint density at radius 1 is 1.07 bits per heavy atom. The average molecular weight is 413 g/mol. The first-order valence-corrected chi connectivity index (χ1v) is 11.7. The van der Waals surface area contributed by atoms with Gasteiger partial charge in [0, 0.05) is 24.2 Å². The topological polar surface area (TPSA) is 66.5 Å². The van der Waals surface area contributed by atoms with Crippen LogP contribution in [0.3, 0.4) is 0 Å². The Labute approximate surface area is 173 Å². The van der Waals surface area contributed by atoms with Gasteiger partial charge < -0.3 is 4.90 Å². The minimum atomic E-state index is -3.66. The number of sulfonamides is 1. The van der Waals surface area contributed by atoms with Gasteiger partial charge in [-0.3, -0.25) is 4.79 Å². The van der Waals surface area contributed by atoms with Crippen LogP contribution in [0.5, 0.6) is 0 Å². The Bertz CT molecular complexity index is 1090. The number of hydrogen-bond acceptors (Lipinski definition) is 3. The van der Waals surface area contributed by atoms with E-state index in [2.05, 4.69) is 23.8 Å². The fraction of sp³-hybridized carbons (Fsp3) is 0.435. The van der Waals surface area contributed by atoms with Crippen molar-refractivity contribution in [1.29, 1.82) is 0 Å². The van der Waals surface area contributed by atoms with Gasteiger partial charge in [0.1, 0.15) is 0 Å². The summed E-state index contributed by atoms with van der Waals surface area (Å²) in [5.74, 6) is 0.337. The van der Waals surface area contributed by atoms with Crippen molar-refractivity contribution in [2.75, 3.05) is 11.4 Å². The smallest absolute Gasteiger partial charge is 0.241 e. The third-order valence-corrected chi connectivity index (χ3v) is 7.67. The van der Waals surface area contributed by atoms with Crippen molar-refractivity contribution in [1.82, 2.24) is 4.72 Å². The summed E-state index contributed by atoms with van der Waals surface area (Å²) in [6.07, 6.45) is 2.64. The number of rotatable bonds is 5. The molecule has 1 unspecified atom stereocenters. The summed E-state index contributed by atoms with van der Waals surface area (Å²) in [4.78, 5) is 14.5. The molecule has 5 nitrogen and oxygen atoms in total. The minimum absolute atomic E-state index is 0.160. The van der Waals surface area contributed by atoms with E-state index < -0.39 is 10.0 Å². The van der Waals surface area contributed by atoms with Gasteiger partial charge in [0.05, 0.1) is 4.90 Å². The lowest BCUT2D eigenvalue weighted by Crippen LogP contribution is -2.30. The molecule has 0 aromatic heterocycles. The second-order valence-corrected chi connectivity index (χ2v) is 10.2. The van der Waals surface area contributed by atoms with E-state index in [1.807, 2.05) is 25.7 Å². The molecule has 1 fully saturated rings. The molecule has 1 aliphatic heterocycles. The van der Waals surface area contributed by atoms with Crippen molar-refractivity contribution < 1.29 is 13.2 Å². The summed E-state index contributed by atoms with van der Waals surface area (Å²) in [5.41, 5.74) is 6.20. The van der Waals surface area contributed by atoms with Crippen LogP contribution in [0.4, 0.5) is 5.69 Å². The maximum absolute atomic E-state index is 13.0. The van der Waals surface area contributed by atoms with Crippen LogP contribution in [0.1, 0.15) is 53.6 Å². The molecular weight excluding hydrogens is 384 g/mol. The zero-order valence-electron chi connectivity index (χ0n) is 17.5. The molecule has 2 aromatic rings. The molecule has 2 aliphatic rings. The van der Waals surface area contributed by atoms with E-state index in [1.54, 1.807) is 18.2 Å². The van der Waals surface area contributed by atoms with Gasteiger partial charge in [0.25, 0.3) is 0 Å². The van der Waals surface area contributed by atoms with Crippen LogP contribution in [-0.2, 0) is 21.2 Å². The second kappa shape index (κ2) is 7.26. The summed E-state index contributed by atoms with van der Waals surface area (Å²) < 4.78 is 28.9.